The number of ether oxygens (including phenoxy) is 1. The van der Waals surface area contributed by atoms with Gasteiger partial charge in [-0.3, -0.25) is 4.79 Å². The maximum atomic E-state index is 10.7. The minimum absolute atomic E-state index is 0.538. The zero-order valence-corrected chi connectivity index (χ0v) is 7.07. The van der Waals surface area contributed by atoms with Crippen LogP contribution in [-0.2, 0) is 0 Å². The number of benzene rings is 1. The molecule has 0 aliphatic heterocycles. The summed E-state index contributed by atoms with van der Waals surface area (Å²) >= 11 is 0. The molecule has 1 aromatic carbocycles. The Balaban J connectivity index is 2.77. The number of carbonyl (C=O) groups is 1. The Morgan fingerprint density at radius 2 is 2.38 bits per heavy atom. The number of nitrogens with zero attached hydrogens (tertiary/aromatic N) is 1. The molecule has 0 radical (unpaired) electrons. The molecule has 0 spiro atoms. The Bertz CT molecular complexity index is 448. The molecule has 0 saturated heterocycles. The van der Waals surface area contributed by atoms with Crippen molar-refractivity contribution in [1.82, 2.24) is 9.97 Å². The highest BCUT2D eigenvalue weighted by atomic mass is 16.5. The summed E-state index contributed by atoms with van der Waals surface area (Å²) in [6.07, 6.45) is 2.32. The first-order valence-electron chi connectivity index (χ1n) is 3.81. The molecule has 4 nitrogen and oxygen atoms in total. The van der Waals surface area contributed by atoms with Crippen LogP contribution in [0.1, 0.15) is 10.4 Å². The van der Waals surface area contributed by atoms with E-state index in [-0.39, 0.29) is 0 Å². The summed E-state index contributed by atoms with van der Waals surface area (Å²) in [5, 5.41) is 0. The van der Waals surface area contributed by atoms with Crippen LogP contribution in [0.25, 0.3) is 11.0 Å². The van der Waals surface area contributed by atoms with Gasteiger partial charge >= 0.3 is 0 Å². The lowest BCUT2D eigenvalue weighted by Crippen LogP contribution is -1.87. The molecule has 2 aromatic rings. The van der Waals surface area contributed by atoms with Gasteiger partial charge in [-0.1, -0.05) is 0 Å². The predicted molar refractivity (Wildman–Crippen MR) is 48.0 cm³/mol. The predicted octanol–water partition coefficient (Wildman–Crippen LogP) is 1.38. The van der Waals surface area contributed by atoms with Gasteiger partial charge in [0.25, 0.3) is 0 Å². The highest BCUT2D eigenvalue weighted by Gasteiger charge is 2.05. The van der Waals surface area contributed by atoms with Crippen molar-refractivity contribution in [3.8, 4) is 5.75 Å². The SMILES string of the molecule is COc1cc(C=O)c2nc[nH]c2c1. The number of aromatic nitrogens is 2. The Labute approximate surface area is 74.5 Å². The molecule has 13 heavy (non-hydrogen) atoms. The van der Waals surface area contributed by atoms with E-state index in [1.165, 1.54) is 0 Å². The molecule has 0 bridgehead atoms. The lowest BCUT2D eigenvalue weighted by atomic mass is 10.2. The standard InChI is InChI=1S/C9H8N2O2/c1-13-7-2-6(4-12)9-8(3-7)10-5-11-9/h2-5H,1H3,(H,10,11). The lowest BCUT2D eigenvalue weighted by molar-refractivity contribution is 0.112. The summed E-state index contributed by atoms with van der Waals surface area (Å²) in [5.41, 5.74) is 2.02. The maximum absolute atomic E-state index is 10.7. The van der Waals surface area contributed by atoms with Crippen LogP contribution in [0.2, 0.25) is 0 Å². The molecule has 0 aliphatic rings. The maximum Gasteiger partial charge on any atom is 0.152 e. The van der Waals surface area contributed by atoms with Crippen LogP contribution in [0.3, 0.4) is 0 Å². The van der Waals surface area contributed by atoms with Crippen molar-refractivity contribution in [2.45, 2.75) is 0 Å². The third kappa shape index (κ3) is 1.16. The summed E-state index contributed by atoms with van der Waals surface area (Å²) < 4.78 is 5.03. The van der Waals surface area contributed by atoms with E-state index in [9.17, 15) is 4.79 Å². The van der Waals surface area contributed by atoms with E-state index < -0.39 is 0 Å². The Kier molecular flexibility index (Phi) is 1.73. The van der Waals surface area contributed by atoms with Gasteiger partial charge in [-0.2, -0.15) is 0 Å². The summed E-state index contributed by atoms with van der Waals surface area (Å²) in [6, 6.07) is 3.46. The summed E-state index contributed by atoms with van der Waals surface area (Å²) in [4.78, 5) is 17.6. The minimum Gasteiger partial charge on any atom is -0.497 e. The number of carbonyl (C=O) groups excluding carboxylic acids is 1. The van der Waals surface area contributed by atoms with Crippen LogP contribution >= 0.6 is 0 Å². The molecular weight excluding hydrogens is 168 g/mol. The van der Waals surface area contributed by atoms with E-state index in [0.717, 1.165) is 11.8 Å². The minimum atomic E-state index is 0.538. The molecule has 1 heterocycles. The quantitative estimate of drug-likeness (QED) is 0.703. The van der Waals surface area contributed by atoms with Gasteiger partial charge in [0.2, 0.25) is 0 Å². The number of aromatic amines is 1. The van der Waals surface area contributed by atoms with E-state index >= 15 is 0 Å². The van der Waals surface area contributed by atoms with Crippen LogP contribution in [-0.4, -0.2) is 23.4 Å². The van der Waals surface area contributed by atoms with Gasteiger partial charge in [0, 0.05) is 11.6 Å². The largest absolute Gasteiger partial charge is 0.497 e. The van der Waals surface area contributed by atoms with Gasteiger partial charge in [-0.25, -0.2) is 4.98 Å². The van der Waals surface area contributed by atoms with Crippen molar-refractivity contribution in [2.75, 3.05) is 7.11 Å². The molecule has 4 heteroatoms. The number of rotatable bonds is 2. The number of nitrogens with one attached hydrogen (secondary N) is 1. The fraction of sp³-hybridized carbons (Fsp3) is 0.111. The zero-order valence-electron chi connectivity index (χ0n) is 7.07. The number of hydrogen-bond acceptors (Lipinski definition) is 3. The first-order chi connectivity index (χ1) is 6.35. The molecule has 0 amide bonds. The van der Waals surface area contributed by atoms with E-state index in [1.54, 1.807) is 25.6 Å². The number of aldehydes is 1. The molecule has 0 saturated carbocycles. The fourth-order valence-electron chi connectivity index (χ4n) is 1.26. The van der Waals surface area contributed by atoms with Crippen molar-refractivity contribution in [2.24, 2.45) is 0 Å². The second-order valence-electron chi connectivity index (χ2n) is 2.63. The molecule has 0 fully saturated rings. The molecule has 0 aliphatic carbocycles. The fourth-order valence-corrected chi connectivity index (χ4v) is 1.26. The van der Waals surface area contributed by atoms with Gasteiger partial charge in [-0.15, -0.1) is 0 Å². The van der Waals surface area contributed by atoms with Gasteiger partial charge in [0.15, 0.2) is 6.29 Å². The Hall–Kier alpha value is -1.84. The van der Waals surface area contributed by atoms with Crippen molar-refractivity contribution < 1.29 is 9.53 Å². The van der Waals surface area contributed by atoms with E-state index in [0.29, 0.717) is 16.8 Å². The number of H-pyrrole nitrogens is 1. The third-order valence-electron chi connectivity index (χ3n) is 1.89. The second kappa shape index (κ2) is 2.90. The third-order valence-corrected chi connectivity index (χ3v) is 1.89. The zero-order chi connectivity index (χ0) is 9.26. The van der Waals surface area contributed by atoms with Crippen molar-refractivity contribution >= 4 is 17.3 Å². The highest BCUT2D eigenvalue weighted by Crippen LogP contribution is 2.21. The lowest BCUT2D eigenvalue weighted by Gasteiger charge is -2.00. The Morgan fingerprint density at radius 3 is 3.08 bits per heavy atom. The van der Waals surface area contributed by atoms with E-state index in [1.807, 2.05) is 0 Å². The Morgan fingerprint density at radius 1 is 1.54 bits per heavy atom. The molecule has 66 valence electrons. The van der Waals surface area contributed by atoms with Crippen LogP contribution in [0, 0.1) is 0 Å². The highest BCUT2D eigenvalue weighted by molar-refractivity contribution is 5.95. The molecule has 0 unspecified atom stereocenters. The summed E-state index contributed by atoms with van der Waals surface area (Å²) in [6.45, 7) is 0. The average Bonchev–Trinajstić information content (AvgIpc) is 2.63. The van der Waals surface area contributed by atoms with Crippen molar-refractivity contribution in [1.29, 1.82) is 0 Å². The molecular formula is C9H8N2O2. The van der Waals surface area contributed by atoms with Crippen LogP contribution in [0.4, 0.5) is 0 Å². The number of imidazole rings is 1. The van der Waals surface area contributed by atoms with Crippen molar-refractivity contribution in [3.63, 3.8) is 0 Å². The van der Waals surface area contributed by atoms with Gasteiger partial charge in [0.05, 0.1) is 24.5 Å². The van der Waals surface area contributed by atoms with E-state index in [4.69, 9.17) is 4.74 Å². The van der Waals surface area contributed by atoms with Crippen LogP contribution < -0.4 is 4.74 Å². The normalized spacial score (nSPS) is 10.2. The summed E-state index contributed by atoms with van der Waals surface area (Å²) in [7, 11) is 1.56. The van der Waals surface area contributed by atoms with Gasteiger partial charge in [-0.05, 0) is 6.07 Å². The molecule has 0 atom stereocenters. The monoisotopic (exact) mass is 176 g/mol. The topological polar surface area (TPSA) is 55.0 Å². The first-order valence-corrected chi connectivity index (χ1v) is 3.81. The molecule has 2 rings (SSSR count). The second-order valence-corrected chi connectivity index (χ2v) is 2.63. The number of hydrogen-bond donors (Lipinski definition) is 1. The number of methoxy groups -OCH3 is 1. The van der Waals surface area contributed by atoms with E-state index in [2.05, 4.69) is 9.97 Å². The van der Waals surface area contributed by atoms with Crippen LogP contribution in [0.15, 0.2) is 18.5 Å². The summed E-state index contributed by atoms with van der Waals surface area (Å²) in [5.74, 6) is 0.652. The average molecular weight is 176 g/mol. The first kappa shape index (κ1) is 7.79. The van der Waals surface area contributed by atoms with Gasteiger partial charge in [0.1, 0.15) is 5.75 Å². The smallest absolute Gasteiger partial charge is 0.152 e. The van der Waals surface area contributed by atoms with Crippen LogP contribution in [0.5, 0.6) is 5.75 Å². The van der Waals surface area contributed by atoms with Crippen molar-refractivity contribution in [3.05, 3.63) is 24.0 Å². The number of fused-ring (bicyclic) bond motifs is 1. The van der Waals surface area contributed by atoms with Gasteiger partial charge < -0.3 is 9.72 Å². The molecule has 1 N–H and O–H groups in total. The molecule has 1 aromatic heterocycles.